The summed E-state index contributed by atoms with van der Waals surface area (Å²) in [4.78, 5) is 9.88. The van der Waals surface area contributed by atoms with Crippen molar-refractivity contribution in [2.24, 2.45) is 0 Å². The van der Waals surface area contributed by atoms with Crippen molar-refractivity contribution in [1.29, 1.82) is 0 Å². The van der Waals surface area contributed by atoms with Crippen LogP contribution in [0.2, 0.25) is 0 Å². The van der Waals surface area contributed by atoms with Gasteiger partial charge in [0.1, 0.15) is 0 Å². The Morgan fingerprint density at radius 3 is 0.714 bits per heavy atom. The first-order valence-electron chi connectivity index (χ1n) is 27.7. The van der Waals surface area contributed by atoms with E-state index in [9.17, 15) is 0 Å². The molecule has 4 heteroatoms. The molecule has 0 bridgehead atoms. The largest absolute Gasteiger partial charge is 0.311 e. The smallest absolute Gasteiger partial charge is 0.0728 e. The van der Waals surface area contributed by atoms with E-state index in [0.717, 1.165) is 96.9 Å². The maximum Gasteiger partial charge on any atom is 0.0728 e. The number of rotatable bonds is 12. The van der Waals surface area contributed by atoms with Crippen molar-refractivity contribution in [3.63, 3.8) is 0 Å². The fourth-order valence-corrected chi connectivity index (χ4v) is 12.9. The Hall–Kier alpha value is -9.12. The van der Waals surface area contributed by atoms with Crippen molar-refractivity contribution in [3.8, 4) is 22.3 Å². The van der Waals surface area contributed by atoms with E-state index in [1.807, 2.05) is 0 Å². The first-order valence-corrected chi connectivity index (χ1v) is 27.7. The predicted molar refractivity (Wildman–Crippen MR) is 323 cm³/mol. The zero-order valence-electron chi connectivity index (χ0n) is 43.3. The standard InChI is InChI=1S/C73H60N4/c1-9-25-53(26-10-1)74(54-27-11-2-12-28-54)61-41-45-65-66-46-42-62(75(55-29-13-3-14-30-55)56-31-15-4-16-32-56)50-70(66)73(69(65)49-61)71-51-63(76(57-33-17-5-18-34-57)58-35-19-6-20-36-58)43-47-67(71)68-48-44-64(52-72(68)73)77(59-37-21-7-22-38-59)60-39-23-8-24-40-60/h1-2,5-6,9-13,15,17-21,23,25-52H,3-4,7-8,14,16,22,24H2. The minimum atomic E-state index is -0.760. The first-order chi connectivity index (χ1) is 38.2. The fraction of sp³-hybridized carbons (Fsp3) is 0.123. The van der Waals surface area contributed by atoms with Gasteiger partial charge in [0.25, 0.3) is 0 Å². The Morgan fingerprint density at radius 1 is 0.234 bits per heavy atom. The third-order valence-electron chi connectivity index (χ3n) is 16.2. The molecule has 0 aliphatic heterocycles. The molecule has 0 aromatic heterocycles. The minimum absolute atomic E-state index is 0.760. The van der Waals surface area contributed by atoms with Crippen LogP contribution in [0.1, 0.15) is 73.6 Å². The van der Waals surface area contributed by atoms with Gasteiger partial charge in [0, 0.05) is 68.3 Å². The SMILES string of the molecule is C1=CC(N(C2=CCCC=C2)c2ccc3c(c2)C2(c4cc(N(C5=CCCC=C5)C5=CCCC=C5)ccc4-c4ccc(N(c5ccccc5)c5ccccc5)cc42)c2cc(N(c4ccccc4)c4ccccc4)ccc2-3)=CCC1. The molecule has 0 unspecified atom stereocenters. The first kappa shape index (κ1) is 46.4. The van der Waals surface area contributed by atoms with Gasteiger partial charge in [-0.05, 0) is 217 Å². The highest BCUT2D eigenvalue weighted by Gasteiger charge is 2.53. The van der Waals surface area contributed by atoms with Crippen LogP contribution >= 0.6 is 0 Å². The molecule has 1 spiro atoms. The molecular formula is C73H60N4. The van der Waals surface area contributed by atoms with E-state index < -0.39 is 5.41 Å². The van der Waals surface area contributed by atoms with Gasteiger partial charge in [-0.15, -0.1) is 0 Å². The second-order valence-electron chi connectivity index (χ2n) is 20.8. The van der Waals surface area contributed by atoms with Crippen LogP contribution in [0.5, 0.6) is 0 Å². The third-order valence-corrected chi connectivity index (χ3v) is 16.2. The summed E-state index contributed by atoms with van der Waals surface area (Å²) in [5.41, 5.74) is 23.3. The van der Waals surface area contributed by atoms with Gasteiger partial charge in [0.15, 0.2) is 0 Å². The van der Waals surface area contributed by atoms with Crippen LogP contribution in [0.4, 0.5) is 45.5 Å². The van der Waals surface area contributed by atoms with Gasteiger partial charge in [0.2, 0.25) is 0 Å². The van der Waals surface area contributed by atoms with E-state index in [0.29, 0.717) is 0 Å². The summed E-state index contributed by atoms with van der Waals surface area (Å²) in [5.74, 6) is 0. The van der Waals surface area contributed by atoms with Gasteiger partial charge >= 0.3 is 0 Å². The topological polar surface area (TPSA) is 13.0 Å². The van der Waals surface area contributed by atoms with Crippen LogP contribution in [-0.4, -0.2) is 0 Å². The van der Waals surface area contributed by atoms with Crippen LogP contribution < -0.4 is 19.6 Å². The van der Waals surface area contributed by atoms with Crippen LogP contribution in [0.15, 0.2) is 290 Å². The molecule has 77 heavy (non-hydrogen) atoms. The molecular weight excluding hydrogens is 933 g/mol. The molecule has 372 valence electrons. The molecule has 0 radical (unpaired) electrons. The zero-order chi connectivity index (χ0) is 51.1. The van der Waals surface area contributed by atoms with Crippen molar-refractivity contribution < 1.29 is 0 Å². The summed E-state index contributed by atoms with van der Waals surface area (Å²) in [6.07, 6.45) is 36.6. The van der Waals surface area contributed by atoms with Crippen molar-refractivity contribution >= 4 is 45.5 Å². The molecule has 4 nitrogen and oxygen atoms in total. The average Bonchev–Trinajstić information content (AvgIpc) is 4.12. The average molecular weight is 993 g/mol. The number of benzene rings is 8. The Bertz CT molecular complexity index is 3420. The molecule has 0 amide bonds. The maximum absolute atomic E-state index is 2.56. The number of fused-ring (bicyclic) bond motifs is 10. The van der Waals surface area contributed by atoms with Gasteiger partial charge in [-0.3, -0.25) is 0 Å². The number of hydrogen-bond donors (Lipinski definition) is 0. The number of nitrogens with zero attached hydrogens (tertiary/aromatic N) is 4. The molecule has 8 aromatic rings. The van der Waals surface area contributed by atoms with Gasteiger partial charge in [0.05, 0.1) is 5.41 Å². The molecule has 6 aliphatic rings. The second kappa shape index (κ2) is 19.9. The molecule has 0 atom stereocenters. The highest BCUT2D eigenvalue weighted by atomic mass is 15.2. The predicted octanol–water partition coefficient (Wildman–Crippen LogP) is 19.5. The fourth-order valence-electron chi connectivity index (χ4n) is 12.9. The molecule has 0 saturated carbocycles. The lowest BCUT2D eigenvalue weighted by Gasteiger charge is -2.35. The van der Waals surface area contributed by atoms with Crippen LogP contribution in [0.3, 0.4) is 0 Å². The van der Waals surface area contributed by atoms with Gasteiger partial charge in [-0.25, -0.2) is 0 Å². The number of hydrogen-bond acceptors (Lipinski definition) is 4. The Balaban J connectivity index is 1.09. The van der Waals surface area contributed by atoms with Crippen molar-refractivity contribution in [2.75, 3.05) is 19.6 Å². The molecule has 0 heterocycles. The molecule has 0 fully saturated rings. The third kappa shape index (κ3) is 8.06. The van der Waals surface area contributed by atoms with E-state index in [1.54, 1.807) is 0 Å². The van der Waals surface area contributed by atoms with E-state index in [2.05, 4.69) is 287 Å². The summed E-state index contributed by atoms with van der Waals surface area (Å²) in [5, 5.41) is 0. The summed E-state index contributed by atoms with van der Waals surface area (Å²) in [6.45, 7) is 0. The highest BCUT2D eigenvalue weighted by Crippen LogP contribution is 2.65. The van der Waals surface area contributed by atoms with Crippen molar-refractivity contribution in [3.05, 3.63) is 312 Å². The molecule has 0 N–H and O–H groups in total. The summed E-state index contributed by atoms with van der Waals surface area (Å²) in [6, 6.07) is 72.8. The number of para-hydroxylation sites is 4. The summed E-state index contributed by atoms with van der Waals surface area (Å²) >= 11 is 0. The van der Waals surface area contributed by atoms with Crippen LogP contribution in [-0.2, 0) is 5.41 Å². The van der Waals surface area contributed by atoms with Crippen LogP contribution in [0, 0.1) is 0 Å². The number of allylic oxidation sites excluding steroid dienone is 12. The highest BCUT2D eigenvalue weighted by molar-refractivity contribution is 5.99. The van der Waals surface area contributed by atoms with E-state index in [1.165, 1.54) is 67.3 Å². The lowest BCUT2D eigenvalue weighted by Crippen LogP contribution is -2.28. The monoisotopic (exact) mass is 992 g/mol. The molecule has 8 aromatic carbocycles. The van der Waals surface area contributed by atoms with E-state index >= 15 is 0 Å². The lowest BCUT2D eigenvalue weighted by molar-refractivity contribution is 0.792. The Kier molecular flexibility index (Phi) is 12.0. The number of anilines is 8. The zero-order valence-corrected chi connectivity index (χ0v) is 43.3. The van der Waals surface area contributed by atoms with E-state index in [4.69, 9.17) is 0 Å². The van der Waals surface area contributed by atoms with Crippen LogP contribution in [0.25, 0.3) is 22.3 Å². The van der Waals surface area contributed by atoms with Crippen molar-refractivity contribution in [2.45, 2.75) is 56.8 Å². The lowest BCUT2D eigenvalue weighted by atomic mass is 9.70. The quantitative estimate of drug-likeness (QED) is 0.121. The van der Waals surface area contributed by atoms with Gasteiger partial charge < -0.3 is 19.6 Å². The summed E-state index contributed by atoms with van der Waals surface area (Å²) < 4.78 is 0. The normalized spacial score (nSPS) is 16.1. The Morgan fingerprint density at radius 2 is 0.481 bits per heavy atom. The maximum atomic E-state index is 2.56. The summed E-state index contributed by atoms with van der Waals surface area (Å²) in [7, 11) is 0. The Labute approximate surface area is 453 Å². The van der Waals surface area contributed by atoms with E-state index in [-0.39, 0.29) is 0 Å². The second-order valence-corrected chi connectivity index (χ2v) is 20.8. The van der Waals surface area contributed by atoms with Crippen molar-refractivity contribution in [1.82, 2.24) is 0 Å². The van der Waals surface area contributed by atoms with Gasteiger partial charge in [-0.1, -0.05) is 146 Å². The minimum Gasteiger partial charge on any atom is -0.311 e. The molecule has 14 rings (SSSR count). The van der Waals surface area contributed by atoms with Gasteiger partial charge in [-0.2, -0.15) is 0 Å². The molecule has 6 aliphatic carbocycles. The molecule has 0 saturated heterocycles.